The Balaban J connectivity index is 1.85. The monoisotopic (exact) mass is 397 g/mol. The van der Waals surface area contributed by atoms with Gasteiger partial charge in [-0.2, -0.15) is 4.98 Å². The first-order chi connectivity index (χ1) is 13.5. The lowest BCUT2D eigenvalue weighted by molar-refractivity contribution is -0.118. The number of thiazole rings is 1. The molecule has 2 heterocycles. The van der Waals surface area contributed by atoms with Gasteiger partial charge in [0.15, 0.2) is 0 Å². The number of nitrogens with two attached hydrogens (primary N) is 2. The Morgan fingerprint density at radius 1 is 1.18 bits per heavy atom. The first-order valence-corrected chi connectivity index (χ1v) is 9.34. The number of nitrogens with one attached hydrogen (secondary N) is 2. The molecule has 0 aliphatic carbocycles. The Morgan fingerprint density at radius 2 is 1.93 bits per heavy atom. The van der Waals surface area contributed by atoms with Gasteiger partial charge in [0.25, 0.3) is 5.91 Å². The van der Waals surface area contributed by atoms with Gasteiger partial charge in [0.1, 0.15) is 17.4 Å². The van der Waals surface area contributed by atoms with Gasteiger partial charge in [-0.1, -0.05) is 19.1 Å². The van der Waals surface area contributed by atoms with Crippen molar-refractivity contribution in [3.63, 3.8) is 0 Å². The topological polar surface area (TPSA) is 149 Å². The molecule has 3 rings (SSSR count). The second-order valence-electron chi connectivity index (χ2n) is 5.90. The molecule has 0 saturated carbocycles. The van der Waals surface area contributed by atoms with Crippen molar-refractivity contribution in [2.45, 2.75) is 19.4 Å². The van der Waals surface area contributed by atoms with E-state index < -0.39 is 17.9 Å². The summed E-state index contributed by atoms with van der Waals surface area (Å²) in [6.07, 6.45) is 3.57. The summed E-state index contributed by atoms with van der Waals surface area (Å²) in [7, 11) is 0. The van der Waals surface area contributed by atoms with Crippen LogP contribution in [0.5, 0.6) is 0 Å². The van der Waals surface area contributed by atoms with E-state index >= 15 is 0 Å². The van der Waals surface area contributed by atoms with Crippen LogP contribution in [0.25, 0.3) is 10.4 Å². The Labute approximate surface area is 165 Å². The normalized spacial score (nSPS) is 11.6. The number of carbonyl (C=O) groups is 2. The molecule has 1 aromatic carbocycles. The number of rotatable bonds is 8. The van der Waals surface area contributed by atoms with E-state index in [9.17, 15) is 9.59 Å². The molecule has 0 spiro atoms. The minimum absolute atomic E-state index is 0.129. The average molecular weight is 397 g/mol. The van der Waals surface area contributed by atoms with Crippen molar-refractivity contribution in [3.8, 4) is 10.4 Å². The Bertz CT molecular complexity index is 974. The van der Waals surface area contributed by atoms with Crippen LogP contribution in [0.2, 0.25) is 0 Å². The van der Waals surface area contributed by atoms with Crippen LogP contribution < -0.4 is 22.1 Å². The Hall–Kier alpha value is -3.53. The third-order valence-electron chi connectivity index (χ3n) is 3.97. The first-order valence-electron chi connectivity index (χ1n) is 8.46. The number of nitrogens with zero attached hydrogens (tertiary/aromatic N) is 3. The van der Waals surface area contributed by atoms with Crippen molar-refractivity contribution in [2.75, 3.05) is 10.6 Å². The molecule has 0 saturated heterocycles. The minimum atomic E-state index is -0.669. The minimum Gasteiger partial charge on any atom is -0.368 e. The van der Waals surface area contributed by atoms with Crippen molar-refractivity contribution in [1.29, 1.82) is 0 Å². The van der Waals surface area contributed by atoms with Crippen molar-refractivity contribution >= 4 is 40.6 Å². The fourth-order valence-corrected chi connectivity index (χ4v) is 3.10. The molecule has 1 unspecified atom stereocenters. The molecule has 1 atom stereocenters. The molecule has 2 aromatic heterocycles. The number of hydrogen-bond donors (Lipinski definition) is 4. The average Bonchev–Trinajstić information content (AvgIpc) is 3.21. The van der Waals surface area contributed by atoms with Crippen LogP contribution in [0.1, 0.15) is 23.7 Å². The van der Waals surface area contributed by atoms with Crippen molar-refractivity contribution in [1.82, 2.24) is 15.0 Å². The highest BCUT2D eigenvalue weighted by molar-refractivity contribution is 7.13. The predicted molar refractivity (Wildman–Crippen MR) is 108 cm³/mol. The summed E-state index contributed by atoms with van der Waals surface area (Å²) in [5.41, 5.74) is 14.4. The maximum Gasteiger partial charge on any atom is 0.254 e. The van der Waals surface area contributed by atoms with Crippen LogP contribution in [-0.2, 0) is 4.79 Å². The lowest BCUT2D eigenvalue weighted by atomic mass is 10.2. The van der Waals surface area contributed by atoms with Gasteiger partial charge in [-0.05, 0) is 24.1 Å². The second-order valence-corrected chi connectivity index (χ2v) is 6.78. The van der Waals surface area contributed by atoms with E-state index in [-0.39, 0.29) is 17.3 Å². The summed E-state index contributed by atoms with van der Waals surface area (Å²) in [6, 6.07) is 6.95. The molecule has 6 N–H and O–H groups in total. The Morgan fingerprint density at radius 3 is 2.50 bits per heavy atom. The number of aromatic nitrogens is 3. The van der Waals surface area contributed by atoms with E-state index in [0.29, 0.717) is 12.1 Å². The molecule has 10 heteroatoms. The third kappa shape index (κ3) is 4.41. The smallest absolute Gasteiger partial charge is 0.254 e. The molecular weight excluding hydrogens is 378 g/mol. The van der Waals surface area contributed by atoms with Gasteiger partial charge in [-0.25, -0.2) is 4.98 Å². The molecular formula is C18H19N7O2S. The standard InChI is InChI=1S/C18H19N7O2S/c1-2-13(16(20)27)24-18-22-7-12(15(19)26)17(25-18)23-11-5-3-10(4-6-11)14-8-21-9-28-14/h3-9,13H,2H2,1H3,(H2,19,26)(H2,20,27)(H2,22,23,24,25). The van der Waals surface area contributed by atoms with E-state index in [4.69, 9.17) is 11.5 Å². The molecule has 3 aromatic rings. The first kappa shape index (κ1) is 19.2. The number of carbonyl (C=O) groups excluding carboxylic acids is 2. The maximum absolute atomic E-state index is 11.7. The van der Waals surface area contributed by atoms with Crippen molar-refractivity contribution in [2.24, 2.45) is 11.5 Å². The zero-order chi connectivity index (χ0) is 20.1. The van der Waals surface area contributed by atoms with Gasteiger partial charge in [0.05, 0.1) is 10.4 Å². The van der Waals surface area contributed by atoms with Crippen molar-refractivity contribution < 1.29 is 9.59 Å². The lowest BCUT2D eigenvalue weighted by Gasteiger charge is -2.15. The van der Waals surface area contributed by atoms with E-state index in [0.717, 1.165) is 10.4 Å². The zero-order valence-corrected chi connectivity index (χ0v) is 15.9. The summed E-state index contributed by atoms with van der Waals surface area (Å²) in [5.74, 6) is -0.787. The van der Waals surface area contributed by atoms with E-state index in [1.165, 1.54) is 6.20 Å². The molecule has 144 valence electrons. The number of amides is 2. The molecule has 0 aliphatic heterocycles. The van der Waals surface area contributed by atoms with Crippen molar-refractivity contribution in [3.05, 3.63) is 47.7 Å². The maximum atomic E-state index is 11.7. The van der Waals surface area contributed by atoms with Gasteiger partial charge >= 0.3 is 0 Å². The quantitative estimate of drug-likeness (QED) is 0.455. The number of primary amides is 2. The summed E-state index contributed by atoms with van der Waals surface area (Å²) in [5, 5.41) is 5.92. The number of hydrogen-bond acceptors (Lipinski definition) is 8. The molecule has 2 amide bonds. The van der Waals surface area contributed by atoms with Crippen LogP contribution in [-0.4, -0.2) is 32.8 Å². The fraction of sp³-hybridized carbons (Fsp3) is 0.167. The second kappa shape index (κ2) is 8.44. The SMILES string of the molecule is CCC(Nc1ncc(C(N)=O)c(Nc2ccc(-c3cncs3)cc2)n1)C(N)=O. The molecule has 28 heavy (non-hydrogen) atoms. The summed E-state index contributed by atoms with van der Waals surface area (Å²) in [4.78, 5) is 36.6. The van der Waals surface area contributed by atoms with Gasteiger partial charge in [0.2, 0.25) is 11.9 Å². The molecule has 0 fully saturated rings. The van der Waals surface area contributed by atoms with Crippen LogP contribution in [0, 0.1) is 0 Å². The number of benzene rings is 1. The van der Waals surface area contributed by atoms with Gasteiger partial charge in [0, 0.05) is 18.1 Å². The molecule has 9 nitrogen and oxygen atoms in total. The van der Waals surface area contributed by atoms with E-state index in [1.807, 2.05) is 31.2 Å². The van der Waals surface area contributed by atoms with Crippen LogP contribution in [0.3, 0.4) is 0 Å². The third-order valence-corrected chi connectivity index (χ3v) is 4.80. The predicted octanol–water partition coefficient (Wildman–Crippen LogP) is 2.12. The summed E-state index contributed by atoms with van der Waals surface area (Å²) < 4.78 is 0. The lowest BCUT2D eigenvalue weighted by Crippen LogP contribution is -2.35. The molecule has 0 bridgehead atoms. The fourth-order valence-electron chi connectivity index (χ4n) is 2.47. The number of anilines is 3. The van der Waals surface area contributed by atoms with Crippen LogP contribution >= 0.6 is 11.3 Å². The molecule has 0 radical (unpaired) electrons. The summed E-state index contributed by atoms with van der Waals surface area (Å²) >= 11 is 1.54. The highest BCUT2D eigenvalue weighted by atomic mass is 32.1. The largest absolute Gasteiger partial charge is 0.368 e. The van der Waals surface area contributed by atoms with Gasteiger partial charge in [-0.3, -0.25) is 14.6 Å². The summed E-state index contributed by atoms with van der Waals surface area (Å²) in [6.45, 7) is 1.81. The zero-order valence-electron chi connectivity index (χ0n) is 15.0. The van der Waals surface area contributed by atoms with Crippen LogP contribution in [0.4, 0.5) is 17.5 Å². The highest BCUT2D eigenvalue weighted by Crippen LogP contribution is 2.26. The van der Waals surface area contributed by atoms with E-state index in [1.54, 1.807) is 23.0 Å². The van der Waals surface area contributed by atoms with Crippen LogP contribution in [0.15, 0.2) is 42.2 Å². The van der Waals surface area contributed by atoms with Gasteiger partial charge in [-0.15, -0.1) is 11.3 Å². The van der Waals surface area contributed by atoms with Gasteiger partial charge < -0.3 is 22.1 Å². The molecule has 0 aliphatic rings. The highest BCUT2D eigenvalue weighted by Gasteiger charge is 2.17. The van der Waals surface area contributed by atoms with E-state index in [2.05, 4.69) is 25.6 Å². The Kier molecular flexibility index (Phi) is 5.80.